The number of aliphatic hydroxyl groups is 1. The van der Waals surface area contributed by atoms with Crippen LogP contribution in [-0.2, 0) is 4.74 Å². The van der Waals surface area contributed by atoms with Gasteiger partial charge in [0.1, 0.15) is 5.60 Å². The molecule has 112 valence electrons. The van der Waals surface area contributed by atoms with Crippen LogP contribution in [0.4, 0.5) is 4.79 Å². The van der Waals surface area contributed by atoms with Crippen molar-refractivity contribution in [1.82, 2.24) is 4.90 Å². The molecule has 1 saturated heterocycles. The molecule has 0 aromatic heterocycles. The van der Waals surface area contributed by atoms with E-state index in [0.29, 0.717) is 19.5 Å². The lowest BCUT2D eigenvalue weighted by Crippen LogP contribution is -2.53. The molecule has 0 spiro atoms. The van der Waals surface area contributed by atoms with Crippen molar-refractivity contribution in [2.24, 2.45) is 11.7 Å². The van der Waals surface area contributed by atoms with Gasteiger partial charge in [-0.1, -0.05) is 6.92 Å². The summed E-state index contributed by atoms with van der Waals surface area (Å²) in [4.78, 5) is 13.7. The average Bonchev–Trinajstić information content (AvgIpc) is 2.36. The Morgan fingerprint density at radius 3 is 2.58 bits per heavy atom. The highest BCUT2D eigenvalue weighted by molar-refractivity contribution is 5.68. The number of nitrogens with zero attached hydrogens (tertiary/aromatic N) is 1. The molecule has 1 amide bonds. The molecule has 1 heterocycles. The molecule has 0 aromatic rings. The number of nitrogens with two attached hydrogens (primary N) is 1. The standard InChI is InChI=1S/C14H28N2O3/c1-5-14(18,10-15)11-7-6-8-16(9-11)12(17)19-13(2,3)4/h11,18H,5-10,15H2,1-4H3/t11-,14+/m0/s1. The zero-order valence-electron chi connectivity index (χ0n) is 12.6. The number of likely N-dealkylation sites (tertiary alicyclic amines) is 1. The monoisotopic (exact) mass is 272 g/mol. The Morgan fingerprint density at radius 1 is 1.47 bits per heavy atom. The Labute approximate surface area is 116 Å². The van der Waals surface area contributed by atoms with Crippen molar-refractivity contribution >= 4 is 6.09 Å². The summed E-state index contributed by atoms with van der Waals surface area (Å²) in [6.45, 7) is 8.94. The third kappa shape index (κ3) is 4.35. The maximum Gasteiger partial charge on any atom is 0.410 e. The normalized spacial score (nSPS) is 23.9. The highest BCUT2D eigenvalue weighted by Crippen LogP contribution is 2.30. The van der Waals surface area contributed by atoms with Gasteiger partial charge in [-0.05, 0) is 40.0 Å². The Kier molecular flexibility index (Phi) is 5.21. The Morgan fingerprint density at radius 2 is 2.11 bits per heavy atom. The Bertz CT molecular complexity index is 308. The molecule has 1 fully saturated rings. The summed E-state index contributed by atoms with van der Waals surface area (Å²) in [6, 6.07) is 0. The first-order valence-electron chi connectivity index (χ1n) is 7.12. The lowest BCUT2D eigenvalue weighted by atomic mass is 9.80. The van der Waals surface area contributed by atoms with E-state index in [9.17, 15) is 9.90 Å². The highest BCUT2D eigenvalue weighted by Gasteiger charge is 2.38. The number of amides is 1. The van der Waals surface area contributed by atoms with Gasteiger partial charge in [0.05, 0.1) is 5.60 Å². The molecule has 1 aliphatic rings. The second-order valence-corrected chi connectivity index (χ2v) is 6.43. The number of ether oxygens (including phenoxy) is 1. The molecule has 1 rings (SSSR count). The summed E-state index contributed by atoms with van der Waals surface area (Å²) >= 11 is 0. The van der Waals surface area contributed by atoms with Gasteiger partial charge in [-0.2, -0.15) is 0 Å². The van der Waals surface area contributed by atoms with E-state index < -0.39 is 11.2 Å². The van der Waals surface area contributed by atoms with Crippen molar-refractivity contribution in [3.8, 4) is 0 Å². The summed E-state index contributed by atoms with van der Waals surface area (Å²) in [5.74, 6) is 0.0313. The maximum atomic E-state index is 12.1. The van der Waals surface area contributed by atoms with Crippen LogP contribution < -0.4 is 5.73 Å². The van der Waals surface area contributed by atoms with Crippen LogP contribution >= 0.6 is 0 Å². The number of carbonyl (C=O) groups is 1. The number of hydrogen-bond acceptors (Lipinski definition) is 4. The molecule has 19 heavy (non-hydrogen) atoms. The zero-order chi connectivity index (χ0) is 14.7. The summed E-state index contributed by atoms with van der Waals surface area (Å²) in [6.07, 6.45) is 2.09. The Balaban J connectivity index is 2.67. The van der Waals surface area contributed by atoms with E-state index in [0.717, 1.165) is 12.8 Å². The predicted molar refractivity (Wildman–Crippen MR) is 74.8 cm³/mol. The third-order valence-electron chi connectivity index (χ3n) is 3.80. The first kappa shape index (κ1) is 16.2. The fraction of sp³-hybridized carbons (Fsp3) is 0.929. The number of piperidine rings is 1. The van der Waals surface area contributed by atoms with Gasteiger partial charge in [0.15, 0.2) is 0 Å². The summed E-state index contributed by atoms with van der Waals surface area (Å²) in [7, 11) is 0. The van der Waals surface area contributed by atoms with Crippen LogP contribution in [0.25, 0.3) is 0 Å². The van der Waals surface area contributed by atoms with Crippen molar-refractivity contribution in [2.75, 3.05) is 19.6 Å². The molecule has 2 atom stereocenters. The van der Waals surface area contributed by atoms with Crippen LogP contribution in [0, 0.1) is 5.92 Å². The van der Waals surface area contributed by atoms with Crippen LogP contribution in [0.3, 0.4) is 0 Å². The van der Waals surface area contributed by atoms with Crippen molar-refractivity contribution in [3.05, 3.63) is 0 Å². The number of rotatable bonds is 3. The van der Waals surface area contributed by atoms with Crippen LogP contribution in [0.15, 0.2) is 0 Å². The summed E-state index contributed by atoms with van der Waals surface area (Å²) in [5, 5.41) is 10.5. The molecule has 0 saturated carbocycles. The van der Waals surface area contributed by atoms with Crippen molar-refractivity contribution in [2.45, 2.75) is 58.2 Å². The van der Waals surface area contributed by atoms with E-state index in [1.807, 2.05) is 27.7 Å². The Hall–Kier alpha value is -0.810. The molecule has 3 N–H and O–H groups in total. The molecular formula is C14H28N2O3. The van der Waals surface area contributed by atoms with Gasteiger partial charge in [-0.3, -0.25) is 0 Å². The topological polar surface area (TPSA) is 75.8 Å². The minimum absolute atomic E-state index is 0.0313. The van der Waals surface area contributed by atoms with Gasteiger partial charge >= 0.3 is 6.09 Å². The first-order valence-corrected chi connectivity index (χ1v) is 7.12. The minimum Gasteiger partial charge on any atom is -0.444 e. The van der Waals surface area contributed by atoms with Gasteiger partial charge in [0.25, 0.3) is 0 Å². The molecule has 5 heteroatoms. The van der Waals surface area contributed by atoms with Gasteiger partial charge < -0.3 is 20.5 Å². The SMILES string of the molecule is CC[C@@](O)(CN)[C@H]1CCCN(C(=O)OC(C)(C)C)C1. The minimum atomic E-state index is -0.874. The maximum absolute atomic E-state index is 12.1. The van der Waals surface area contributed by atoms with Gasteiger partial charge in [0, 0.05) is 25.6 Å². The fourth-order valence-corrected chi connectivity index (χ4v) is 2.51. The molecule has 0 aliphatic carbocycles. The average molecular weight is 272 g/mol. The van der Waals surface area contributed by atoms with E-state index in [-0.39, 0.29) is 18.6 Å². The second kappa shape index (κ2) is 6.09. The summed E-state index contributed by atoms with van der Waals surface area (Å²) in [5.41, 5.74) is 4.33. The molecule has 5 nitrogen and oxygen atoms in total. The first-order chi connectivity index (χ1) is 8.72. The largest absolute Gasteiger partial charge is 0.444 e. The highest BCUT2D eigenvalue weighted by atomic mass is 16.6. The van der Waals surface area contributed by atoms with Crippen molar-refractivity contribution in [1.29, 1.82) is 0 Å². The zero-order valence-corrected chi connectivity index (χ0v) is 12.6. The smallest absolute Gasteiger partial charge is 0.410 e. The van der Waals surface area contributed by atoms with Crippen LogP contribution in [-0.4, -0.2) is 46.9 Å². The fourth-order valence-electron chi connectivity index (χ4n) is 2.51. The second-order valence-electron chi connectivity index (χ2n) is 6.43. The van der Waals surface area contributed by atoms with E-state index in [4.69, 9.17) is 10.5 Å². The molecule has 0 radical (unpaired) electrons. The third-order valence-corrected chi connectivity index (χ3v) is 3.80. The van der Waals surface area contributed by atoms with Crippen molar-refractivity contribution in [3.63, 3.8) is 0 Å². The van der Waals surface area contributed by atoms with Crippen LogP contribution in [0.1, 0.15) is 47.0 Å². The number of carbonyl (C=O) groups excluding carboxylic acids is 1. The van der Waals surface area contributed by atoms with Gasteiger partial charge in [-0.25, -0.2) is 4.79 Å². The van der Waals surface area contributed by atoms with E-state index in [1.54, 1.807) is 4.90 Å². The van der Waals surface area contributed by atoms with E-state index >= 15 is 0 Å². The molecule has 0 unspecified atom stereocenters. The van der Waals surface area contributed by atoms with Gasteiger partial charge in [0.2, 0.25) is 0 Å². The molecule has 1 aliphatic heterocycles. The predicted octanol–water partition coefficient (Wildman–Crippen LogP) is 1.73. The molecular weight excluding hydrogens is 244 g/mol. The lowest BCUT2D eigenvalue weighted by Gasteiger charge is -2.41. The van der Waals surface area contributed by atoms with Gasteiger partial charge in [-0.15, -0.1) is 0 Å². The summed E-state index contributed by atoms with van der Waals surface area (Å²) < 4.78 is 5.38. The molecule has 0 bridgehead atoms. The van der Waals surface area contributed by atoms with E-state index in [2.05, 4.69) is 0 Å². The van der Waals surface area contributed by atoms with Crippen molar-refractivity contribution < 1.29 is 14.6 Å². The quantitative estimate of drug-likeness (QED) is 0.820. The number of hydrogen-bond donors (Lipinski definition) is 2. The van der Waals surface area contributed by atoms with Crippen LogP contribution in [0.5, 0.6) is 0 Å². The molecule has 0 aromatic carbocycles. The lowest BCUT2D eigenvalue weighted by molar-refractivity contribution is -0.0479. The van der Waals surface area contributed by atoms with Crippen LogP contribution in [0.2, 0.25) is 0 Å². The van der Waals surface area contributed by atoms with E-state index in [1.165, 1.54) is 0 Å².